The van der Waals surface area contributed by atoms with E-state index in [0.717, 1.165) is 12.8 Å². The van der Waals surface area contributed by atoms with E-state index in [1.54, 1.807) is 20.3 Å². The van der Waals surface area contributed by atoms with E-state index >= 15 is 0 Å². The zero-order valence-corrected chi connectivity index (χ0v) is 9.74. The van der Waals surface area contributed by atoms with Gasteiger partial charge in [0.2, 0.25) is 10.0 Å². The maximum Gasteiger partial charge on any atom is 0.220 e. The van der Waals surface area contributed by atoms with Crippen LogP contribution >= 0.6 is 0 Å². The average Bonchev–Trinajstić information content (AvgIpc) is 2.88. The van der Waals surface area contributed by atoms with Crippen molar-refractivity contribution in [3.8, 4) is 0 Å². The molecule has 0 saturated heterocycles. The van der Waals surface area contributed by atoms with Gasteiger partial charge in [-0.1, -0.05) is 0 Å². The number of hydrogen-bond donors (Lipinski definition) is 0. The van der Waals surface area contributed by atoms with Gasteiger partial charge in [0.15, 0.2) is 0 Å². The first-order valence-corrected chi connectivity index (χ1v) is 6.53. The molecular formula is C9H15N3O2S. The normalized spacial score (nSPS) is 17.3. The molecule has 0 unspecified atom stereocenters. The lowest BCUT2D eigenvalue weighted by Crippen LogP contribution is -2.25. The Morgan fingerprint density at radius 3 is 2.73 bits per heavy atom. The van der Waals surface area contributed by atoms with Gasteiger partial charge in [0.05, 0.1) is 0 Å². The third kappa shape index (κ3) is 2.21. The van der Waals surface area contributed by atoms with Crippen molar-refractivity contribution < 1.29 is 8.42 Å². The molecule has 0 atom stereocenters. The van der Waals surface area contributed by atoms with E-state index in [1.807, 2.05) is 10.8 Å². The lowest BCUT2D eigenvalue weighted by Gasteiger charge is -2.11. The van der Waals surface area contributed by atoms with Crippen LogP contribution in [0.2, 0.25) is 0 Å². The quantitative estimate of drug-likeness (QED) is 0.760. The lowest BCUT2D eigenvalue weighted by atomic mass is 10.6. The molecule has 0 aromatic carbocycles. The highest BCUT2D eigenvalue weighted by molar-refractivity contribution is 7.88. The molecule has 0 aliphatic heterocycles. The number of hydrogen-bond acceptors (Lipinski definition) is 3. The summed E-state index contributed by atoms with van der Waals surface area (Å²) in [6.45, 7) is 0. The molecule has 1 aromatic heterocycles. The summed E-state index contributed by atoms with van der Waals surface area (Å²) < 4.78 is 26.5. The minimum atomic E-state index is -3.20. The van der Waals surface area contributed by atoms with Crippen molar-refractivity contribution in [3.05, 3.63) is 18.2 Å². The Morgan fingerprint density at radius 1 is 1.53 bits per heavy atom. The minimum Gasteiger partial charge on any atom is -0.331 e. The Morgan fingerprint density at radius 2 is 2.20 bits per heavy atom. The van der Waals surface area contributed by atoms with Crippen LogP contribution in [0.3, 0.4) is 0 Å². The van der Waals surface area contributed by atoms with Gasteiger partial charge in [-0.3, -0.25) is 0 Å². The molecular weight excluding hydrogens is 214 g/mol. The second-order valence-electron chi connectivity index (χ2n) is 4.02. The van der Waals surface area contributed by atoms with Crippen LogP contribution in [0.25, 0.3) is 0 Å². The van der Waals surface area contributed by atoms with Gasteiger partial charge in [-0.2, -0.15) is 0 Å². The number of sulfonamides is 1. The Bertz CT molecular complexity index is 446. The summed E-state index contributed by atoms with van der Waals surface area (Å²) in [5, 5.41) is 0. The molecule has 2 rings (SSSR count). The van der Waals surface area contributed by atoms with E-state index in [-0.39, 0.29) is 5.75 Å². The van der Waals surface area contributed by atoms with Crippen molar-refractivity contribution in [2.45, 2.75) is 24.6 Å². The highest BCUT2D eigenvalue weighted by Gasteiger charge is 2.27. The van der Waals surface area contributed by atoms with Gasteiger partial charge in [-0.25, -0.2) is 17.7 Å². The van der Waals surface area contributed by atoms with Crippen LogP contribution in [0, 0.1) is 0 Å². The number of rotatable bonds is 4. The Kier molecular flexibility index (Phi) is 2.56. The Balaban J connectivity index is 2.20. The predicted molar refractivity (Wildman–Crippen MR) is 56.8 cm³/mol. The van der Waals surface area contributed by atoms with E-state index in [1.165, 1.54) is 4.31 Å². The summed E-state index contributed by atoms with van der Waals surface area (Å²) >= 11 is 0. The monoisotopic (exact) mass is 229 g/mol. The number of aromatic nitrogens is 2. The molecule has 0 N–H and O–H groups in total. The van der Waals surface area contributed by atoms with Gasteiger partial charge in [0.25, 0.3) is 0 Å². The van der Waals surface area contributed by atoms with Gasteiger partial charge >= 0.3 is 0 Å². The molecule has 0 bridgehead atoms. The lowest BCUT2D eigenvalue weighted by molar-refractivity contribution is 0.516. The Hall–Kier alpha value is -0.880. The van der Waals surface area contributed by atoms with E-state index in [4.69, 9.17) is 0 Å². The van der Waals surface area contributed by atoms with E-state index in [9.17, 15) is 8.42 Å². The van der Waals surface area contributed by atoms with Gasteiger partial charge in [-0.15, -0.1) is 0 Å². The van der Waals surface area contributed by atoms with Crippen molar-refractivity contribution in [2.24, 2.45) is 0 Å². The molecule has 1 aliphatic carbocycles. The van der Waals surface area contributed by atoms with E-state index in [2.05, 4.69) is 4.98 Å². The molecule has 0 spiro atoms. The fourth-order valence-corrected chi connectivity index (χ4v) is 2.24. The van der Waals surface area contributed by atoms with Gasteiger partial charge in [-0.05, 0) is 12.8 Å². The second-order valence-corrected chi connectivity index (χ2v) is 6.20. The Labute approximate surface area is 89.8 Å². The van der Waals surface area contributed by atoms with Crippen LogP contribution in [-0.4, -0.2) is 36.4 Å². The number of nitrogens with zero attached hydrogens (tertiary/aromatic N) is 3. The zero-order chi connectivity index (χ0) is 11.1. The molecule has 5 nitrogen and oxygen atoms in total. The first kappa shape index (κ1) is 10.6. The summed E-state index contributed by atoms with van der Waals surface area (Å²) in [4.78, 5) is 4.10. The topological polar surface area (TPSA) is 55.2 Å². The molecule has 1 saturated carbocycles. The van der Waals surface area contributed by atoms with Crippen LogP contribution in [0.4, 0.5) is 0 Å². The minimum absolute atomic E-state index is 0.0104. The SMILES string of the molecule is CN(C)S(=O)(=O)Cc1nccn1C1CC1. The summed E-state index contributed by atoms with van der Waals surface area (Å²) in [5.74, 6) is 0.634. The molecule has 1 aliphatic rings. The standard InChI is InChI=1S/C9H15N3O2S/c1-11(2)15(13,14)7-9-10-5-6-12(9)8-3-4-8/h5-6,8H,3-4,7H2,1-2H3. The molecule has 1 fully saturated rings. The fraction of sp³-hybridized carbons (Fsp3) is 0.667. The maximum atomic E-state index is 11.7. The smallest absolute Gasteiger partial charge is 0.220 e. The summed E-state index contributed by atoms with van der Waals surface area (Å²) in [6, 6.07) is 0.472. The van der Waals surface area contributed by atoms with E-state index in [0.29, 0.717) is 11.9 Å². The molecule has 6 heteroatoms. The third-order valence-corrected chi connectivity index (χ3v) is 4.29. The molecule has 15 heavy (non-hydrogen) atoms. The van der Waals surface area contributed by atoms with Crippen LogP contribution in [-0.2, 0) is 15.8 Å². The van der Waals surface area contributed by atoms with Crippen LogP contribution < -0.4 is 0 Å². The molecule has 1 heterocycles. The van der Waals surface area contributed by atoms with Crippen molar-refractivity contribution in [2.75, 3.05) is 14.1 Å². The first-order chi connectivity index (χ1) is 7.00. The molecule has 1 aromatic rings. The van der Waals surface area contributed by atoms with E-state index < -0.39 is 10.0 Å². The van der Waals surface area contributed by atoms with Crippen molar-refractivity contribution in [1.82, 2.24) is 13.9 Å². The van der Waals surface area contributed by atoms with Gasteiger partial charge in [0, 0.05) is 32.5 Å². The van der Waals surface area contributed by atoms with Crippen LogP contribution in [0.5, 0.6) is 0 Å². The highest BCUT2D eigenvalue weighted by atomic mass is 32.2. The van der Waals surface area contributed by atoms with Gasteiger partial charge in [0.1, 0.15) is 11.6 Å². The fourth-order valence-electron chi connectivity index (χ4n) is 1.43. The highest BCUT2D eigenvalue weighted by Crippen LogP contribution is 2.35. The summed E-state index contributed by atoms with van der Waals surface area (Å²) in [7, 11) is -0.117. The molecule has 0 radical (unpaired) electrons. The van der Waals surface area contributed by atoms with Crippen LogP contribution in [0.1, 0.15) is 24.7 Å². The largest absolute Gasteiger partial charge is 0.331 e. The molecule has 84 valence electrons. The summed E-state index contributed by atoms with van der Waals surface area (Å²) in [6.07, 6.45) is 5.79. The molecule has 0 amide bonds. The van der Waals surface area contributed by atoms with Crippen molar-refractivity contribution in [1.29, 1.82) is 0 Å². The van der Waals surface area contributed by atoms with Crippen LogP contribution in [0.15, 0.2) is 12.4 Å². The van der Waals surface area contributed by atoms with Gasteiger partial charge < -0.3 is 4.57 Å². The maximum absolute atomic E-state index is 11.7. The first-order valence-electron chi connectivity index (χ1n) is 4.92. The second kappa shape index (κ2) is 3.61. The zero-order valence-electron chi connectivity index (χ0n) is 8.92. The summed E-state index contributed by atoms with van der Waals surface area (Å²) in [5.41, 5.74) is 0. The van der Waals surface area contributed by atoms with Crippen molar-refractivity contribution in [3.63, 3.8) is 0 Å². The third-order valence-electron chi connectivity index (χ3n) is 2.56. The predicted octanol–water partition coefficient (Wildman–Crippen LogP) is 0.609. The number of imidazole rings is 1. The average molecular weight is 229 g/mol. The van der Waals surface area contributed by atoms with Crippen molar-refractivity contribution >= 4 is 10.0 Å².